The van der Waals surface area contributed by atoms with Gasteiger partial charge in [-0.05, 0) is 42.6 Å². The molecule has 1 saturated carbocycles. The van der Waals surface area contributed by atoms with Crippen LogP contribution in [0.1, 0.15) is 46.5 Å². The molecule has 1 aliphatic rings. The molecule has 12 heavy (non-hydrogen) atoms. The normalized spacial score (nSPS) is 25.2. The van der Waals surface area contributed by atoms with Crippen molar-refractivity contribution in [2.45, 2.75) is 46.5 Å². The first kappa shape index (κ1) is 9.61. The summed E-state index contributed by atoms with van der Waals surface area (Å²) in [7, 11) is 0. The van der Waals surface area contributed by atoms with Crippen LogP contribution in [0, 0.1) is 11.3 Å². The fourth-order valence-corrected chi connectivity index (χ4v) is 1.96. The van der Waals surface area contributed by atoms with E-state index in [1.807, 2.05) is 0 Å². The third-order valence-corrected chi connectivity index (χ3v) is 3.00. The summed E-state index contributed by atoms with van der Waals surface area (Å²) < 4.78 is 0. The van der Waals surface area contributed by atoms with E-state index in [1.165, 1.54) is 31.3 Å². The highest BCUT2D eigenvalue weighted by molar-refractivity contribution is 5.04. The third-order valence-electron chi connectivity index (χ3n) is 3.00. The van der Waals surface area contributed by atoms with Crippen LogP contribution in [0.2, 0.25) is 0 Å². The van der Waals surface area contributed by atoms with Crippen LogP contribution in [0.4, 0.5) is 0 Å². The van der Waals surface area contributed by atoms with Gasteiger partial charge in [0.05, 0.1) is 0 Å². The molecule has 0 heterocycles. The maximum atomic E-state index is 3.74. The van der Waals surface area contributed by atoms with Crippen molar-refractivity contribution in [3.63, 3.8) is 0 Å². The Labute approximate surface area is 76.4 Å². The molecule has 0 aromatic heterocycles. The molecular formula is C12H20. The lowest BCUT2D eigenvalue weighted by Crippen LogP contribution is -2.23. The summed E-state index contributed by atoms with van der Waals surface area (Å²) in [5.74, 6) is 0.843. The Kier molecular flexibility index (Phi) is 2.80. The lowest BCUT2D eigenvalue weighted by molar-refractivity contribution is 0.204. The Morgan fingerprint density at radius 3 is 2.58 bits per heavy atom. The van der Waals surface area contributed by atoms with E-state index < -0.39 is 0 Å². The van der Waals surface area contributed by atoms with Crippen LogP contribution >= 0.6 is 0 Å². The molecule has 0 nitrogen and oxygen atoms in total. The van der Waals surface area contributed by atoms with E-state index in [9.17, 15) is 0 Å². The summed E-state index contributed by atoms with van der Waals surface area (Å²) in [6, 6.07) is 0. The Morgan fingerprint density at radius 2 is 2.08 bits per heavy atom. The van der Waals surface area contributed by atoms with Crippen molar-refractivity contribution in [1.82, 2.24) is 0 Å². The van der Waals surface area contributed by atoms with Gasteiger partial charge >= 0.3 is 0 Å². The summed E-state index contributed by atoms with van der Waals surface area (Å²) in [6.07, 6.45) is 5.18. The predicted octanol–water partition coefficient (Wildman–Crippen LogP) is 3.93. The zero-order chi connectivity index (χ0) is 9.19. The van der Waals surface area contributed by atoms with Gasteiger partial charge in [-0.1, -0.05) is 27.4 Å². The number of rotatable bonds is 0. The zero-order valence-corrected chi connectivity index (χ0v) is 8.61. The molecule has 0 saturated heterocycles. The first-order chi connectivity index (χ1) is 5.54. The summed E-state index contributed by atoms with van der Waals surface area (Å²) in [5.41, 5.74) is 4.98. The number of hydrogen-bond donors (Lipinski definition) is 0. The lowest BCUT2D eigenvalue weighted by Gasteiger charge is -2.34. The molecule has 1 unspecified atom stereocenters. The molecular weight excluding hydrogens is 144 g/mol. The second kappa shape index (κ2) is 3.49. The van der Waals surface area contributed by atoms with E-state index >= 15 is 0 Å². The lowest BCUT2D eigenvalue weighted by atomic mass is 9.71. The van der Waals surface area contributed by atoms with Crippen LogP contribution in [0.15, 0.2) is 17.9 Å². The standard InChI is InChI=1S/C12H20/c1-5-10-7-6-8-11(9-10)12(2,3)4/h11H,1,6-9H2,2-4H3. The minimum atomic E-state index is 0.461. The quantitative estimate of drug-likeness (QED) is 0.476. The van der Waals surface area contributed by atoms with Crippen molar-refractivity contribution in [3.8, 4) is 0 Å². The average molecular weight is 164 g/mol. The molecule has 0 amide bonds. The van der Waals surface area contributed by atoms with Crippen LogP contribution in [0.3, 0.4) is 0 Å². The largest absolute Gasteiger partial charge is 0.130 e. The zero-order valence-electron chi connectivity index (χ0n) is 8.61. The molecule has 0 aliphatic heterocycles. The molecule has 1 fully saturated rings. The van der Waals surface area contributed by atoms with Crippen molar-refractivity contribution in [1.29, 1.82) is 0 Å². The van der Waals surface area contributed by atoms with Crippen molar-refractivity contribution in [2.24, 2.45) is 11.3 Å². The maximum Gasteiger partial charge on any atom is -0.0211 e. The van der Waals surface area contributed by atoms with Crippen LogP contribution in [-0.2, 0) is 0 Å². The highest BCUT2D eigenvalue weighted by atomic mass is 14.3. The first-order valence-electron chi connectivity index (χ1n) is 4.92. The van der Waals surface area contributed by atoms with E-state index in [4.69, 9.17) is 0 Å². The van der Waals surface area contributed by atoms with E-state index in [0.29, 0.717) is 5.41 Å². The Morgan fingerprint density at radius 1 is 1.42 bits per heavy atom. The van der Waals surface area contributed by atoms with Crippen LogP contribution in [0.25, 0.3) is 0 Å². The molecule has 68 valence electrons. The molecule has 1 rings (SSSR count). The minimum absolute atomic E-state index is 0.461. The average Bonchev–Trinajstić information content (AvgIpc) is 2.03. The fraction of sp³-hybridized carbons (Fsp3) is 0.750. The van der Waals surface area contributed by atoms with E-state index in [2.05, 4.69) is 33.1 Å². The van der Waals surface area contributed by atoms with Crippen LogP contribution < -0.4 is 0 Å². The topological polar surface area (TPSA) is 0 Å². The molecule has 0 N–H and O–H groups in total. The third kappa shape index (κ3) is 2.25. The summed E-state index contributed by atoms with van der Waals surface area (Å²) >= 11 is 0. The van der Waals surface area contributed by atoms with Gasteiger partial charge in [0.2, 0.25) is 0 Å². The highest BCUT2D eigenvalue weighted by Gasteiger charge is 2.27. The van der Waals surface area contributed by atoms with Gasteiger partial charge in [-0.3, -0.25) is 0 Å². The fourth-order valence-electron chi connectivity index (χ4n) is 1.96. The summed E-state index contributed by atoms with van der Waals surface area (Å²) in [6.45, 7) is 10.7. The predicted molar refractivity (Wildman–Crippen MR) is 54.1 cm³/mol. The van der Waals surface area contributed by atoms with Gasteiger partial charge in [0, 0.05) is 0 Å². The van der Waals surface area contributed by atoms with Crippen molar-refractivity contribution in [3.05, 3.63) is 17.9 Å². The van der Waals surface area contributed by atoms with Crippen molar-refractivity contribution < 1.29 is 0 Å². The summed E-state index contributed by atoms with van der Waals surface area (Å²) in [5, 5.41) is 0. The molecule has 1 atom stereocenters. The SMILES string of the molecule is C=C=C1CCCC(C(C)(C)C)C1. The Balaban J connectivity index is 2.64. The van der Waals surface area contributed by atoms with E-state index in [-0.39, 0.29) is 0 Å². The van der Waals surface area contributed by atoms with Crippen LogP contribution in [-0.4, -0.2) is 0 Å². The van der Waals surface area contributed by atoms with Gasteiger partial charge in [0.25, 0.3) is 0 Å². The second-order valence-corrected chi connectivity index (χ2v) is 4.94. The van der Waals surface area contributed by atoms with Gasteiger partial charge in [-0.25, -0.2) is 0 Å². The highest BCUT2D eigenvalue weighted by Crippen LogP contribution is 2.39. The molecule has 1 aliphatic carbocycles. The monoisotopic (exact) mass is 164 g/mol. The molecule has 0 aromatic rings. The van der Waals surface area contributed by atoms with Gasteiger partial charge in [-0.15, -0.1) is 5.73 Å². The number of hydrogen-bond acceptors (Lipinski definition) is 0. The first-order valence-corrected chi connectivity index (χ1v) is 4.92. The van der Waals surface area contributed by atoms with Gasteiger partial charge < -0.3 is 0 Å². The molecule has 0 spiro atoms. The minimum Gasteiger partial charge on any atom is -0.130 e. The van der Waals surface area contributed by atoms with E-state index in [1.54, 1.807) is 0 Å². The number of allylic oxidation sites excluding steroid dienone is 1. The van der Waals surface area contributed by atoms with Crippen molar-refractivity contribution >= 4 is 0 Å². The van der Waals surface area contributed by atoms with Gasteiger partial charge in [0.15, 0.2) is 0 Å². The molecule has 0 heteroatoms. The van der Waals surface area contributed by atoms with Gasteiger partial charge in [0.1, 0.15) is 0 Å². The van der Waals surface area contributed by atoms with E-state index in [0.717, 1.165) is 5.92 Å². The Bertz CT molecular complexity index is 199. The smallest absolute Gasteiger partial charge is 0.0211 e. The van der Waals surface area contributed by atoms with Crippen molar-refractivity contribution in [2.75, 3.05) is 0 Å². The maximum absolute atomic E-state index is 3.74. The molecule has 0 aromatic carbocycles. The second-order valence-electron chi connectivity index (χ2n) is 4.94. The van der Waals surface area contributed by atoms with Crippen LogP contribution in [0.5, 0.6) is 0 Å². The Hall–Kier alpha value is -0.480. The molecule has 0 radical (unpaired) electrons. The molecule has 0 bridgehead atoms. The summed E-state index contributed by atoms with van der Waals surface area (Å²) in [4.78, 5) is 0. The van der Waals surface area contributed by atoms with Gasteiger partial charge in [-0.2, -0.15) is 0 Å².